The fraction of sp³-hybridized carbons (Fsp3) is 0.667. The van der Waals surface area contributed by atoms with Crippen LogP contribution in [0.4, 0.5) is 0 Å². The van der Waals surface area contributed by atoms with Crippen LogP contribution in [0.3, 0.4) is 0 Å². The molecule has 0 radical (unpaired) electrons. The Morgan fingerprint density at radius 2 is 1.95 bits per heavy atom. The van der Waals surface area contributed by atoms with Gasteiger partial charge in [-0.15, -0.1) is 0 Å². The SMILES string of the molecule is NCC(c1ccccc1C1CC1)N1CCN2CCCC2C1. The Balaban J connectivity index is 1.57. The molecule has 2 saturated heterocycles. The van der Waals surface area contributed by atoms with Gasteiger partial charge in [0, 0.05) is 38.3 Å². The van der Waals surface area contributed by atoms with E-state index in [9.17, 15) is 0 Å². The van der Waals surface area contributed by atoms with E-state index in [0.29, 0.717) is 6.04 Å². The summed E-state index contributed by atoms with van der Waals surface area (Å²) < 4.78 is 0. The molecule has 1 saturated carbocycles. The van der Waals surface area contributed by atoms with Gasteiger partial charge in [0.05, 0.1) is 0 Å². The third-order valence-electron chi connectivity index (χ3n) is 5.65. The second kappa shape index (κ2) is 5.71. The largest absolute Gasteiger partial charge is 0.329 e. The first-order valence-corrected chi connectivity index (χ1v) is 8.64. The zero-order valence-corrected chi connectivity index (χ0v) is 12.9. The van der Waals surface area contributed by atoms with Gasteiger partial charge in [-0.2, -0.15) is 0 Å². The monoisotopic (exact) mass is 285 g/mol. The van der Waals surface area contributed by atoms with Gasteiger partial charge in [-0.05, 0) is 49.3 Å². The number of nitrogens with two attached hydrogens (primary N) is 1. The van der Waals surface area contributed by atoms with Crippen molar-refractivity contribution in [3.63, 3.8) is 0 Å². The molecule has 3 fully saturated rings. The summed E-state index contributed by atoms with van der Waals surface area (Å²) in [4.78, 5) is 5.34. The van der Waals surface area contributed by atoms with Gasteiger partial charge in [0.2, 0.25) is 0 Å². The van der Waals surface area contributed by atoms with Crippen molar-refractivity contribution in [2.45, 2.75) is 43.7 Å². The lowest BCUT2D eigenvalue weighted by atomic mass is 9.95. The van der Waals surface area contributed by atoms with Crippen LogP contribution in [0.5, 0.6) is 0 Å². The molecule has 1 aliphatic carbocycles. The maximum absolute atomic E-state index is 6.21. The van der Waals surface area contributed by atoms with Crippen LogP contribution in [0, 0.1) is 0 Å². The molecule has 2 N–H and O–H groups in total. The highest BCUT2D eigenvalue weighted by molar-refractivity contribution is 5.36. The van der Waals surface area contributed by atoms with Gasteiger partial charge >= 0.3 is 0 Å². The molecule has 114 valence electrons. The molecule has 0 spiro atoms. The van der Waals surface area contributed by atoms with Crippen molar-refractivity contribution in [3.05, 3.63) is 35.4 Å². The van der Waals surface area contributed by atoms with Crippen LogP contribution in [-0.4, -0.2) is 48.6 Å². The van der Waals surface area contributed by atoms with Crippen LogP contribution in [0.15, 0.2) is 24.3 Å². The van der Waals surface area contributed by atoms with Crippen LogP contribution < -0.4 is 5.73 Å². The van der Waals surface area contributed by atoms with Crippen molar-refractivity contribution in [3.8, 4) is 0 Å². The van der Waals surface area contributed by atoms with Crippen molar-refractivity contribution in [1.82, 2.24) is 9.80 Å². The minimum absolute atomic E-state index is 0.421. The molecular weight excluding hydrogens is 258 g/mol. The summed E-state index contributed by atoms with van der Waals surface area (Å²) in [5, 5.41) is 0. The number of benzene rings is 1. The molecule has 2 aliphatic heterocycles. The number of hydrogen-bond donors (Lipinski definition) is 1. The first-order valence-electron chi connectivity index (χ1n) is 8.64. The summed E-state index contributed by atoms with van der Waals surface area (Å²) in [6.07, 6.45) is 5.48. The van der Waals surface area contributed by atoms with E-state index in [-0.39, 0.29) is 0 Å². The van der Waals surface area contributed by atoms with Gasteiger partial charge in [0.1, 0.15) is 0 Å². The second-order valence-corrected chi connectivity index (χ2v) is 6.98. The van der Waals surface area contributed by atoms with Crippen molar-refractivity contribution >= 4 is 0 Å². The van der Waals surface area contributed by atoms with Gasteiger partial charge in [-0.1, -0.05) is 24.3 Å². The summed E-state index contributed by atoms with van der Waals surface area (Å²) in [5.74, 6) is 0.808. The molecular formula is C18H27N3. The minimum Gasteiger partial charge on any atom is -0.329 e. The number of rotatable bonds is 4. The normalized spacial score (nSPS) is 28.5. The molecule has 3 nitrogen and oxygen atoms in total. The van der Waals surface area contributed by atoms with Crippen LogP contribution in [0.25, 0.3) is 0 Å². The Morgan fingerprint density at radius 1 is 1.10 bits per heavy atom. The fourth-order valence-corrected chi connectivity index (χ4v) is 4.35. The maximum atomic E-state index is 6.21. The molecule has 2 atom stereocenters. The van der Waals surface area contributed by atoms with E-state index in [0.717, 1.165) is 18.5 Å². The quantitative estimate of drug-likeness (QED) is 0.921. The van der Waals surface area contributed by atoms with Crippen LogP contribution >= 0.6 is 0 Å². The molecule has 4 rings (SSSR count). The highest BCUT2D eigenvalue weighted by Gasteiger charge is 2.35. The third kappa shape index (κ3) is 2.63. The lowest BCUT2D eigenvalue weighted by molar-refractivity contribution is 0.0734. The van der Waals surface area contributed by atoms with E-state index in [2.05, 4.69) is 34.1 Å². The zero-order valence-electron chi connectivity index (χ0n) is 12.9. The molecule has 1 aromatic rings. The van der Waals surface area contributed by atoms with Crippen LogP contribution in [0.1, 0.15) is 48.8 Å². The van der Waals surface area contributed by atoms with E-state index in [1.54, 1.807) is 5.56 Å². The van der Waals surface area contributed by atoms with E-state index in [1.165, 1.54) is 57.4 Å². The second-order valence-electron chi connectivity index (χ2n) is 6.98. The molecule has 1 aromatic carbocycles. The topological polar surface area (TPSA) is 32.5 Å². The Bertz CT molecular complexity index is 497. The summed E-state index contributed by atoms with van der Waals surface area (Å²) in [6, 6.07) is 10.2. The first-order chi connectivity index (χ1) is 10.4. The third-order valence-corrected chi connectivity index (χ3v) is 5.65. The van der Waals surface area contributed by atoms with E-state index >= 15 is 0 Å². The molecule has 3 aliphatic rings. The standard InChI is InChI=1S/C18H27N3/c19-12-18(17-6-2-1-5-16(17)14-7-8-14)21-11-10-20-9-3-4-15(20)13-21/h1-2,5-6,14-15,18H,3-4,7-13,19H2. The molecule has 21 heavy (non-hydrogen) atoms. The average molecular weight is 285 g/mol. The first kappa shape index (κ1) is 13.7. The molecule has 0 amide bonds. The van der Waals surface area contributed by atoms with E-state index in [4.69, 9.17) is 5.73 Å². The molecule has 0 aromatic heterocycles. The molecule has 2 unspecified atom stereocenters. The van der Waals surface area contributed by atoms with Gasteiger partial charge in [-0.25, -0.2) is 0 Å². The lowest BCUT2D eigenvalue weighted by Crippen LogP contribution is -2.52. The van der Waals surface area contributed by atoms with Crippen LogP contribution in [-0.2, 0) is 0 Å². The number of hydrogen-bond acceptors (Lipinski definition) is 3. The van der Waals surface area contributed by atoms with E-state index in [1.807, 2.05) is 0 Å². The fourth-order valence-electron chi connectivity index (χ4n) is 4.35. The van der Waals surface area contributed by atoms with E-state index < -0.39 is 0 Å². The Kier molecular flexibility index (Phi) is 3.74. The lowest BCUT2D eigenvalue weighted by Gasteiger charge is -2.42. The van der Waals surface area contributed by atoms with Gasteiger partial charge in [0.25, 0.3) is 0 Å². The molecule has 0 bridgehead atoms. The summed E-state index contributed by atoms with van der Waals surface area (Å²) in [5.41, 5.74) is 9.29. The van der Waals surface area contributed by atoms with Crippen molar-refractivity contribution in [2.75, 3.05) is 32.7 Å². The van der Waals surface area contributed by atoms with Gasteiger partial charge < -0.3 is 5.73 Å². The van der Waals surface area contributed by atoms with Crippen molar-refractivity contribution < 1.29 is 0 Å². The maximum Gasteiger partial charge on any atom is 0.0474 e. The Hall–Kier alpha value is -0.900. The number of piperazine rings is 1. The molecule has 3 heteroatoms. The Morgan fingerprint density at radius 3 is 2.76 bits per heavy atom. The predicted octanol–water partition coefficient (Wildman–Crippen LogP) is 2.34. The summed E-state index contributed by atoms with van der Waals surface area (Å²) in [7, 11) is 0. The number of nitrogens with zero attached hydrogens (tertiary/aromatic N) is 2. The highest BCUT2D eigenvalue weighted by Crippen LogP contribution is 2.43. The predicted molar refractivity (Wildman–Crippen MR) is 86.4 cm³/mol. The smallest absolute Gasteiger partial charge is 0.0474 e. The average Bonchev–Trinajstić information content (AvgIpc) is 3.26. The van der Waals surface area contributed by atoms with Gasteiger partial charge in [0.15, 0.2) is 0 Å². The highest BCUT2D eigenvalue weighted by atomic mass is 15.3. The van der Waals surface area contributed by atoms with Crippen LogP contribution in [0.2, 0.25) is 0 Å². The summed E-state index contributed by atoms with van der Waals surface area (Å²) >= 11 is 0. The number of fused-ring (bicyclic) bond motifs is 1. The van der Waals surface area contributed by atoms with Crippen molar-refractivity contribution in [1.29, 1.82) is 0 Å². The van der Waals surface area contributed by atoms with Crippen molar-refractivity contribution in [2.24, 2.45) is 5.73 Å². The Labute approximate surface area is 128 Å². The zero-order chi connectivity index (χ0) is 14.2. The van der Waals surface area contributed by atoms with Gasteiger partial charge in [-0.3, -0.25) is 9.80 Å². The summed E-state index contributed by atoms with van der Waals surface area (Å²) in [6.45, 7) is 5.67. The molecule has 2 heterocycles. The minimum atomic E-state index is 0.421.